The second-order valence-corrected chi connectivity index (χ2v) is 3.87. The molecule has 7 heteroatoms. The Morgan fingerprint density at radius 3 is 2.76 bits per heavy atom. The van der Waals surface area contributed by atoms with E-state index in [0.29, 0.717) is 6.07 Å². The average Bonchev–Trinajstić information content (AvgIpc) is 2.22. The Balaban J connectivity index is 3.03. The molecule has 0 N–H and O–H groups in total. The van der Waals surface area contributed by atoms with Gasteiger partial charge >= 0.3 is 5.97 Å². The number of ether oxygens (including phenoxy) is 1. The van der Waals surface area contributed by atoms with E-state index < -0.39 is 23.9 Å². The largest absolute Gasteiger partial charge is 0.466 e. The first-order chi connectivity index (χ1) is 7.95. The summed E-state index contributed by atoms with van der Waals surface area (Å²) in [5.74, 6) is -1.70. The molecule has 0 aliphatic heterocycles. The van der Waals surface area contributed by atoms with Crippen LogP contribution in [0.25, 0.3) is 0 Å². The summed E-state index contributed by atoms with van der Waals surface area (Å²) in [6.07, 6.45) is -3.20. The zero-order valence-electron chi connectivity index (χ0n) is 8.84. The van der Waals surface area contributed by atoms with E-state index in [9.17, 15) is 18.0 Å². The molecule has 0 bridgehead atoms. The van der Waals surface area contributed by atoms with E-state index in [1.807, 2.05) is 0 Å². The van der Waals surface area contributed by atoms with Gasteiger partial charge in [0, 0.05) is 16.1 Å². The Labute approximate surface area is 104 Å². The number of carbonyl (C=O) groups excluding carboxylic acids is 1. The maximum absolute atomic E-state index is 13.0. The molecule has 0 radical (unpaired) electrons. The molecule has 0 aromatic carbocycles. The van der Waals surface area contributed by atoms with Gasteiger partial charge in [-0.3, -0.25) is 4.79 Å². The summed E-state index contributed by atoms with van der Waals surface area (Å²) in [7, 11) is 0. The molecular formula is C10H9BrF3NO2. The van der Waals surface area contributed by atoms with Crippen LogP contribution in [0.5, 0.6) is 0 Å². The third-order valence-corrected chi connectivity index (χ3v) is 2.79. The normalized spacial score (nSPS) is 10.7. The number of carbonyl (C=O) groups is 1. The molecule has 94 valence electrons. The maximum atomic E-state index is 13.0. The minimum atomic E-state index is -2.84. The highest BCUT2D eigenvalue weighted by Gasteiger charge is 2.19. The summed E-state index contributed by atoms with van der Waals surface area (Å²) in [5.41, 5.74) is -0.629. The van der Waals surface area contributed by atoms with Crippen molar-refractivity contribution in [2.24, 2.45) is 0 Å². The SMILES string of the molecule is CCOC(=O)Cc1nc(F)cc(C(F)F)c1Br. The third kappa shape index (κ3) is 3.69. The van der Waals surface area contributed by atoms with Gasteiger partial charge in [0.05, 0.1) is 18.7 Å². The van der Waals surface area contributed by atoms with Gasteiger partial charge in [-0.05, 0) is 22.9 Å². The van der Waals surface area contributed by atoms with Crippen molar-refractivity contribution in [2.45, 2.75) is 19.8 Å². The van der Waals surface area contributed by atoms with Crippen LogP contribution in [0.1, 0.15) is 24.6 Å². The Hall–Kier alpha value is -1.11. The number of nitrogens with zero attached hydrogens (tertiary/aromatic N) is 1. The highest BCUT2D eigenvalue weighted by atomic mass is 79.9. The van der Waals surface area contributed by atoms with Crippen LogP contribution in [0.15, 0.2) is 10.5 Å². The minimum Gasteiger partial charge on any atom is -0.466 e. The van der Waals surface area contributed by atoms with Crippen LogP contribution in [-0.2, 0) is 16.0 Å². The topological polar surface area (TPSA) is 39.2 Å². The smallest absolute Gasteiger partial charge is 0.311 e. The first-order valence-corrected chi connectivity index (χ1v) is 5.53. The van der Waals surface area contributed by atoms with Gasteiger partial charge in [0.1, 0.15) is 0 Å². The van der Waals surface area contributed by atoms with Crippen LogP contribution in [0.4, 0.5) is 13.2 Å². The number of esters is 1. The van der Waals surface area contributed by atoms with Crippen molar-refractivity contribution in [1.29, 1.82) is 0 Å². The first kappa shape index (κ1) is 14.0. The monoisotopic (exact) mass is 311 g/mol. The Morgan fingerprint density at radius 1 is 1.59 bits per heavy atom. The average molecular weight is 312 g/mol. The number of hydrogen-bond acceptors (Lipinski definition) is 3. The summed E-state index contributed by atoms with van der Waals surface area (Å²) in [4.78, 5) is 14.6. The van der Waals surface area contributed by atoms with E-state index in [4.69, 9.17) is 0 Å². The van der Waals surface area contributed by atoms with Gasteiger partial charge in [0.25, 0.3) is 6.43 Å². The fraction of sp³-hybridized carbons (Fsp3) is 0.400. The second kappa shape index (κ2) is 6.00. The summed E-state index contributed by atoms with van der Waals surface area (Å²) < 4.78 is 42.6. The molecule has 1 aromatic rings. The molecule has 0 spiro atoms. The molecule has 0 saturated carbocycles. The number of rotatable bonds is 4. The molecule has 1 heterocycles. The standard InChI is InChI=1S/C10H9BrF3NO2/c1-2-17-8(16)4-6-9(11)5(10(13)14)3-7(12)15-6/h3,10H,2,4H2,1H3. The van der Waals surface area contributed by atoms with Crippen molar-refractivity contribution < 1.29 is 22.7 Å². The van der Waals surface area contributed by atoms with E-state index in [2.05, 4.69) is 25.7 Å². The van der Waals surface area contributed by atoms with Crippen molar-refractivity contribution in [3.05, 3.63) is 27.7 Å². The van der Waals surface area contributed by atoms with Gasteiger partial charge in [-0.25, -0.2) is 13.8 Å². The highest BCUT2D eigenvalue weighted by Crippen LogP contribution is 2.30. The zero-order valence-corrected chi connectivity index (χ0v) is 10.4. The van der Waals surface area contributed by atoms with E-state index in [0.717, 1.165) is 0 Å². The second-order valence-electron chi connectivity index (χ2n) is 3.08. The van der Waals surface area contributed by atoms with Crippen LogP contribution in [0, 0.1) is 5.95 Å². The fourth-order valence-electron chi connectivity index (χ4n) is 1.19. The highest BCUT2D eigenvalue weighted by molar-refractivity contribution is 9.10. The molecule has 1 rings (SSSR count). The fourth-order valence-corrected chi connectivity index (χ4v) is 1.71. The Morgan fingerprint density at radius 2 is 2.24 bits per heavy atom. The van der Waals surface area contributed by atoms with Crippen molar-refractivity contribution >= 4 is 21.9 Å². The lowest BCUT2D eigenvalue weighted by molar-refractivity contribution is -0.142. The molecule has 3 nitrogen and oxygen atoms in total. The van der Waals surface area contributed by atoms with Gasteiger partial charge < -0.3 is 4.74 Å². The van der Waals surface area contributed by atoms with Crippen molar-refractivity contribution in [3.63, 3.8) is 0 Å². The molecule has 0 unspecified atom stereocenters. The van der Waals surface area contributed by atoms with Crippen LogP contribution < -0.4 is 0 Å². The Kier molecular flexibility index (Phi) is 4.92. The number of pyridine rings is 1. The van der Waals surface area contributed by atoms with E-state index >= 15 is 0 Å². The maximum Gasteiger partial charge on any atom is 0.311 e. The third-order valence-electron chi connectivity index (χ3n) is 1.88. The number of alkyl halides is 2. The lowest BCUT2D eigenvalue weighted by Crippen LogP contribution is -2.11. The van der Waals surface area contributed by atoms with Gasteiger partial charge in [0.2, 0.25) is 5.95 Å². The van der Waals surface area contributed by atoms with Gasteiger partial charge in [-0.1, -0.05) is 0 Å². The first-order valence-electron chi connectivity index (χ1n) is 4.74. The molecule has 0 fully saturated rings. The molecule has 0 saturated heterocycles. The quantitative estimate of drug-likeness (QED) is 0.634. The van der Waals surface area contributed by atoms with Crippen molar-refractivity contribution in [1.82, 2.24) is 4.98 Å². The van der Waals surface area contributed by atoms with Gasteiger partial charge in [-0.2, -0.15) is 4.39 Å². The molecule has 1 aromatic heterocycles. The summed E-state index contributed by atoms with van der Waals surface area (Å²) in [5, 5.41) is 0. The molecule has 0 atom stereocenters. The summed E-state index contributed by atoms with van der Waals surface area (Å²) in [6, 6.07) is 0.628. The van der Waals surface area contributed by atoms with E-state index in [1.165, 1.54) is 0 Å². The lowest BCUT2D eigenvalue weighted by atomic mass is 10.2. The van der Waals surface area contributed by atoms with Crippen LogP contribution in [-0.4, -0.2) is 17.6 Å². The lowest BCUT2D eigenvalue weighted by Gasteiger charge is -2.08. The van der Waals surface area contributed by atoms with E-state index in [-0.39, 0.29) is 23.2 Å². The molecule has 0 amide bonds. The van der Waals surface area contributed by atoms with Crippen LogP contribution >= 0.6 is 15.9 Å². The predicted octanol–water partition coefficient (Wildman–Crippen LogP) is 3.03. The number of aromatic nitrogens is 1. The van der Waals surface area contributed by atoms with Crippen molar-refractivity contribution in [3.8, 4) is 0 Å². The Bertz CT molecular complexity index is 426. The number of halogens is 4. The summed E-state index contributed by atoms with van der Waals surface area (Å²) >= 11 is 2.88. The van der Waals surface area contributed by atoms with Crippen LogP contribution in [0.3, 0.4) is 0 Å². The molecular weight excluding hydrogens is 303 g/mol. The molecule has 0 aliphatic carbocycles. The number of hydrogen-bond donors (Lipinski definition) is 0. The van der Waals surface area contributed by atoms with Gasteiger partial charge in [-0.15, -0.1) is 0 Å². The summed E-state index contributed by atoms with van der Waals surface area (Å²) in [6.45, 7) is 1.77. The van der Waals surface area contributed by atoms with E-state index in [1.54, 1.807) is 6.92 Å². The molecule has 17 heavy (non-hydrogen) atoms. The van der Waals surface area contributed by atoms with Gasteiger partial charge in [0.15, 0.2) is 0 Å². The van der Waals surface area contributed by atoms with Crippen LogP contribution in [0.2, 0.25) is 0 Å². The van der Waals surface area contributed by atoms with Crippen molar-refractivity contribution in [2.75, 3.05) is 6.61 Å². The predicted molar refractivity (Wildman–Crippen MR) is 57.2 cm³/mol. The molecule has 0 aliphatic rings. The zero-order chi connectivity index (χ0) is 13.0. The minimum absolute atomic E-state index is 0.0676.